The van der Waals surface area contributed by atoms with Crippen LogP contribution in [0, 0.1) is 0 Å². The third-order valence-electron chi connectivity index (χ3n) is 1.93. The molecule has 1 unspecified atom stereocenters. The highest BCUT2D eigenvalue weighted by Gasteiger charge is 2.19. The molecule has 12 heavy (non-hydrogen) atoms. The minimum absolute atomic E-state index is 0.649. The number of hydrogen-bond donors (Lipinski definition) is 1. The highest BCUT2D eigenvalue weighted by Crippen LogP contribution is 2.19. The topological polar surface area (TPSA) is 21.3 Å². The van der Waals surface area contributed by atoms with E-state index in [0.717, 1.165) is 25.0 Å². The Kier molecular flexibility index (Phi) is 5.04. The van der Waals surface area contributed by atoms with E-state index in [1.807, 2.05) is 11.8 Å². The van der Waals surface area contributed by atoms with Gasteiger partial charge in [-0.2, -0.15) is 11.8 Å². The van der Waals surface area contributed by atoms with E-state index in [1.54, 1.807) is 0 Å². The van der Waals surface area contributed by atoms with Crippen molar-refractivity contribution < 1.29 is 4.74 Å². The fraction of sp³-hybridized carbons (Fsp3) is 1.00. The lowest BCUT2D eigenvalue weighted by molar-refractivity contribution is 0.0455. The summed E-state index contributed by atoms with van der Waals surface area (Å²) in [7, 11) is 0. The highest BCUT2D eigenvalue weighted by molar-refractivity contribution is 8.00. The van der Waals surface area contributed by atoms with Crippen molar-refractivity contribution in [3.05, 3.63) is 0 Å². The van der Waals surface area contributed by atoms with E-state index in [-0.39, 0.29) is 0 Å². The Morgan fingerprint density at radius 1 is 1.58 bits per heavy atom. The van der Waals surface area contributed by atoms with Crippen molar-refractivity contribution in [1.29, 1.82) is 0 Å². The van der Waals surface area contributed by atoms with Crippen LogP contribution >= 0.6 is 11.8 Å². The molecule has 0 saturated carbocycles. The Morgan fingerprint density at radius 2 is 2.33 bits per heavy atom. The van der Waals surface area contributed by atoms with Gasteiger partial charge in [0, 0.05) is 11.8 Å². The molecule has 1 heterocycles. The number of hydrogen-bond acceptors (Lipinski definition) is 3. The highest BCUT2D eigenvalue weighted by atomic mass is 32.2. The van der Waals surface area contributed by atoms with E-state index in [2.05, 4.69) is 19.2 Å². The van der Waals surface area contributed by atoms with Crippen molar-refractivity contribution in [3.63, 3.8) is 0 Å². The first kappa shape index (κ1) is 10.4. The summed E-state index contributed by atoms with van der Waals surface area (Å²) in [5.41, 5.74) is 0. The Balaban J connectivity index is 1.90. The van der Waals surface area contributed by atoms with Crippen LogP contribution in [0.2, 0.25) is 0 Å². The molecule has 0 bridgehead atoms. The molecule has 1 atom stereocenters. The molecule has 0 aromatic heterocycles. The van der Waals surface area contributed by atoms with Crippen LogP contribution in [0.4, 0.5) is 0 Å². The van der Waals surface area contributed by atoms with Gasteiger partial charge in [-0.1, -0.05) is 6.92 Å². The van der Waals surface area contributed by atoms with Crippen LogP contribution in [0.3, 0.4) is 0 Å². The average Bonchev–Trinajstić information content (AvgIpc) is 1.98. The predicted octanol–water partition coefficient (Wildman–Crippen LogP) is 1.51. The van der Waals surface area contributed by atoms with Gasteiger partial charge in [-0.25, -0.2) is 0 Å². The molecule has 0 aromatic carbocycles. The van der Waals surface area contributed by atoms with Gasteiger partial charge in [0.1, 0.15) is 0 Å². The van der Waals surface area contributed by atoms with Gasteiger partial charge in [-0.15, -0.1) is 0 Å². The standard InChI is InChI=1S/C9H19NOS/c1-3-4-10-8(2)7-12-9-5-11-6-9/h8-10H,3-7H2,1-2H3. The summed E-state index contributed by atoms with van der Waals surface area (Å²) in [5.74, 6) is 1.22. The molecule has 2 nitrogen and oxygen atoms in total. The number of nitrogens with one attached hydrogen (secondary N) is 1. The fourth-order valence-corrected chi connectivity index (χ4v) is 2.10. The molecule has 0 spiro atoms. The zero-order chi connectivity index (χ0) is 8.81. The van der Waals surface area contributed by atoms with Gasteiger partial charge in [0.15, 0.2) is 0 Å². The van der Waals surface area contributed by atoms with Gasteiger partial charge < -0.3 is 10.1 Å². The van der Waals surface area contributed by atoms with Crippen LogP contribution in [0.1, 0.15) is 20.3 Å². The average molecular weight is 189 g/mol. The lowest BCUT2D eigenvalue weighted by atomic mass is 10.3. The fourth-order valence-electron chi connectivity index (χ4n) is 1.04. The first-order valence-electron chi connectivity index (χ1n) is 4.75. The molecular weight excluding hydrogens is 170 g/mol. The van der Waals surface area contributed by atoms with Gasteiger partial charge >= 0.3 is 0 Å². The van der Waals surface area contributed by atoms with Crippen molar-refractivity contribution in [2.45, 2.75) is 31.6 Å². The molecule has 72 valence electrons. The van der Waals surface area contributed by atoms with E-state index in [0.29, 0.717) is 6.04 Å². The predicted molar refractivity (Wildman–Crippen MR) is 54.8 cm³/mol. The monoisotopic (exact) mass is 189 g/mol. The van der Waals surface area contributed by atoms with E-state index >= 15 is 0 Å². The number of rotatable bonds is 6. The largest absolute Gasteiger partial charge is 0.379 e. The molecule has 1 N–H and O–H groups in total. The van der Waals surface area contributed by atoms with Gasteiger partial charge in [-0.3, -0.25) is 0 Å². The zero-order valence-electron chi connectivity index (χ0n) is 8.01. The Bertz CT molecular complexity index is 117. The minimum atomic E-state index is 0.649. The Hall–Kier alpha value is 0.270. The van der Waals surface area contributed by atoms with Gasteiger partial charge in [0.25, 0.3) is 0 Å². The molecule has 0 aliphatic carbocycles. The second kappa shape index (κ2) is 5.84. The third kappa shape index (κ3) is 3.78. The molecule has 1 rings (SSSR count). The Labute approximate surface area is 79.4 Å². The summed E-state index contributed by atoms with van der Waals surface area (Å²) in [4.78, 5) is 0. The first-order valence-corrected chi connectivity index (χ1v) is 5.80. The van der Waals surface area contributed by atoms with Crippen LogP contribution in [0.15, 0.2) is 0 Å². The third-order valence-corrected chi connectivity index (χ3v) is 3.37. The van der Waals surface area contributed by atoms with Crippen LogP contribution in [0.25, 0.3) is 0 Å². The van der Waals surface area contributed by atoms with Crippen molar-refractivity contribution >= 4 is 11.8 Å². The molecule has 0 radical (unpaired) electrons. The summed E-state index contributed by atoms with van der Waals surface area (Å²) in [6, 6.07) is 0.649. The minimum Gasteiger partial charge on any atom is -0.379 e. The van der Waals surface area contributed by atoms with Crippen LogP contribution in [0.5, 0.6) is 0 Å². The quantitative estimate of drug-likeness (QED) is 0.684. The smallest absolute Gasteiger partial charge is 0.0607 e. The van der Waals surface area contributed by atoms with Crippen LogP contribution < -0.4 is 5.32 Å². The second-order valence-electron chi connectivity index (χ2n) is 3.35. The van der Waals surface area contributed by atoms with Crippen LogP contribution in [-0.4, -0.2) is 36.8 Å². The maximum atomic E-state index is 5.11. The summed E-state index contributed by atoms with van der Waals surface area (Å²) in [6.07, 6.45) is 1.22. The number of ether oxygens (including phenoxy) is 1. The van der Waals surface area contributed by atoms with E-state index in [1.165, 1.54) is 12.2 Å². The molecule has 3 heteroatoms. The normalized spacial score (nSPS) is 20.5. The van der Waals surface area contributed by atoms with E-state index < -0.39 is 0 Å². The molecular formula is C9H19NOS. The summed E-state index contributed by atoms with van der Waals surface area (Å²) in [6.45, 7) is 7.52. The Morgan fingerprint density at radius 3 is 2.83 bits per heavy atom. The maximum Gasteiger partial charge on any atom is 0.0607 e. The summed E-state index contributed by atoms with van der Waals surface area (Å²) < 4.78 is 5.11. The first-order chi connectivity index (χ1) is 5.83. The molecule has 1 saturated heterocycles. The van der Waals surface area contributed by atoms with Crippen molar-refractivity contribution in [2.75, 3.05) is 25.5 Å². The molecule has 1 fully saturated rings. The lowest BCUT2D eigenvalue weighted by Crippen LogP contribution is -2.34. The second-order valence-corrected chi connectivity index (χ2v) is 4.68. The van der Waals surface area contributed by atoms with Crippen molar-refractivity contribution in [1.82, 2.24) is 5.32 Å². The van der Waals surface area contributed by atoms with Crippen molar-refractivity contribution in [2.24, 2.45) is 0 Å². The van der Waals surface area contributed by atoms with E-state index in [4.69, 9.17) is 4.74 Å². The van der Waals surface area contributed by atoms with Gasteiger partial charge in [0.2, 0.25) is 0 Å². The summed E-state index contributed by atoms with van der Waals surface area (Å²) in [5, 5.41) is 4.25. The van der Waals surface area contributed by atoms with Gasteiger partial charge in [-0.05, 0) is 19.9 Å². The molecule has 1 aliphatic heterocycles. The SMILES string of the molecule is CCCNC(C)CSC1COC1. The maximum absolute atomic E-state index is 5.11. The lowest BCUT2D eigenvalue weighted by Gasteiger charge is -2.26. The number of thioether (sulfide) groups is 1. The molecule has 0 amide bonds. The molecule has 0 aromatic rings. The van der Waals surface area contributed by atoms with E-state index in [9.17, 15) is 0 Å². The van der Waals surface area contributed by atoms with Crippen molar-refractivity contribution in [3.8, 4) is 0 Å². The molecule has 1 aliphatic rings. The van der Waals surface area contributed by atoms with Gasteiger partial charge in [0.05, 0.1) is 18.5 Å². The zero-order valence-corrected chi connectivity index (χ0v) is 8.82. The summed E-state index contributed by atoms with van der Waals surface area (Å²) >= 11 is 2.03. The van der Waals surface area contributed by atoms with Crippen LogP contribution in [-0.2, 0) is 4.74 Å².